The Balaban J connectivity index is 1.53. The zero-order valence-corrected chi connectivity index (χ0v) is 23.9. The van der Waals surface area contributed by atoms with E-state index >= 15 is 0 Å². The number of nitrogens with zero attached hydrogens (tertiary/aromatic N) is 2. The number of aliphatic carboxylic acids is 1. The van der Waals surface area contributed by atoms with Crippen molar-refractivity contribution in [2.45, 2.75) is 56.4 Å². The molecule has 220 valence electrons. The van der Waals surface area contributed by atoms with Gasteiger partial charge in [0.1, 0.15) is 19.0 Å². The Morgan fingerprint density at radius 3 is 2.52 bits per heavy atom. The summed E-state index contributed by atoms with van der Waals surface area (Å²) in [6.45, 7) is -0.716. The lowest BCUT2D eigenvalue weighted by atomic mass is 9.77. The second-order valence-electron chi connectivity index (χ2n) is 10.3. The monoisotopic (exact) mass is 609 g/mol. The van der Waals surface area contributed by atoms with Crippen LogP contribution in [0, 0.1) is 0 Å². The molecule has 1 aliphatic heterocycles. The number of carbonyl (C=O) groups is 2. The third kappa shape index (κ3) is 6.33. The normalized spacial score (nSPS) is 22.4. The van der Waals surface area contributed by atoms with Gasteiger partial charge < -0.3 is 34.6 Å². The number of carbonyl (C=O) groups excluding carboxylic acids is 2. The number of hydrogen-bond acceptors (Lipinski definition) is 8. The van der Waals surface area contributed by atoms with Crippen LogP contribution in [0.5, 0.6) is 5.75 Å². The van der Waals surface area contributed by atoms with Crippen molar-refractivity contribution in [1.29, 1.82) is 0 Å². The minimum absolute atomic E-state index is 0.108. The number of ether oxygens (including phenoxy) is 1. The number of benzene rings is 3. The number of carboxylic acid groups (broad SMARTS) is 1. The van der Waals surface area contributed by atoms with Gasteiger partial charge in [0.2, 0.25) is 0 Å². The number of halogens is 2. The Morgan fingerprint density at radius 2 is 1.76 bits per heavy atom. The zero-order valence-electron chi connectivity index (χ0n) is 22.4. The fourth-order valence-electron chi connectivity index (χ4n) is 5.74. The van der Waals surface area contributed by atoms with Gasteiger partial charge in [0.05, 0.1) is 12.0 Å². The molecule has 1 heterocycles. The van der Waals surface area contributed by atoms with Gasteiger partial charge in [-0.15, -0.1) is 11.3 Å². The van der Waals surface area contributed by atoms with Crippen LogP contribution >= 0.6 is 23.2 Å². The number of fused-ring (bicyclic) bond motifs is 1. The zero-order chi connectivity index (χ0) is 29.8. The van der Waals surface area contributed by atoms with Crippen LogP contribution in [0.25, 0.3) is 0 Å². The fourth-order valence-corrected chi connectivity index (χ4v) is 6.27. The van der Waals surface area contributed by atoms with Gasteiger partial charge >= 0.3 is 0 Å². The minimum atomic E-state index is -1.36. The van der Waals surface area contributed by atoms with Crippen molar-refractivity contribution in [2.24, 2.45) is 5.16 Å². The number of oxime groups is 1. The maximum atomic E-state index is 14.0. The van der Waals surface area contributed by atoms with Crippen molar-refractivity contribution in [3.05, 3.63) is 99.0 Å². The van der Waals surface area contributed by atoms with E-state index in [0.717, 1.165) is 12.8 Å². The average molecular weight is 610 g/mol. The van der Waals surface area contributed by atoms with Crippen LogP contribution in [0.3, 0.4) is 0 Å². The summed E-state index contributed by atoms with van der Waals surface area (Å²) in [5.41, 5.74) is 1.84. The van der Waals surface area contributed by atoms with Gasteiger partial charge in [-0.1, -0.05) is 78.9 Å². The van der Waals surface area contributed by atoms with Gasteiger partial charge in [0.25, 0.3) is 5.91 Å². The molecule has 4 atom stereocenters. The number of carboxylic acids is 1. The lowest BCUT2D eigenvalue weighted by Gasteiger charge is -2.52. The van der Waals surface area contributed by atoms with E-state index in [-0.39, 0.29) is 17.5 Å². The molecular weight excluding hydrogens is 583 g/mol. The van der Waals surface area contributed by atoms with Gasteiger partial charge in [-0.2, -0.15) is 0 Å². The molecule has 1 amide bonds. The van der Waals surface area contributed by atoms with Crippen LogP contribution in [-0.4, -0.2) is 41.4 Å². The molecule has 0 unspecified atom stereocenters. The lowest BCUT2D eigenvalue weighted by Crippen LogP contribution is -2.58. The van der Waals surface area contributed by atoms with Crippen LogP contribution < -0.4 is 20.1 Å². The molecule has 0 spiro atoms. The molecule has 0 radical (unpaired) electrons. The summed E-state index contributed by atoms with van der Waals surface area (Å²) in [5.74, 6) is -3.07. The molecule has 5 rings (SSSR count). The van der Waals surface area contributed by atoms with Gasteiger partial charge in [-0.25, -0.2) is 0 Å². The highest BCUT2D eigenvalue weighted by atomic mass is 35.5. The first-order chi connectivity index (χ1) is 20.2. The molecule has 9 nitrogen and oxygen atoms in total. The quantitative estimate of drug-likeness (QED) is 0.206. The predicted octanol–water partition coefficient (Wildman–Crippen LogP) is 2.96. The second-order valence-corrected chi connectivity index (χ2v) is 11.1. The molecule has 3 aromatic rings. The smallest absolute Gasteiger partial charge is 0.254 e. The van der Waals surface area contributed by atoms with E-state index < -0.39 is 42.6 Å². The third-order valence-corrected chi connectivity index (χ3v) is 8.15. The molecule has 0 aromatic heterocycles. The van der Waals surface area contributed by atoms with Gasteiger partial charge in [0, 0.05) is 33.5 Å². The highest BCUT2D eigenvalue weighted by Crippen LogP contribution is 2.47. The summed E-state index contributed by atoms with van der Waals surface area (Å²) in [6, 6.07) is 16.6. The van der Waals surface area contributed by atoms with E-state index in [1.165, 1.54) is 4.90 Å². The first-order valence-corrected chi connectivity index (χ1v) is 14.3. The summed E-state index contributed by atoms with van der Waals surface area (Å²) in [4.78, 5) is 31.7. The molecule has 3 aromatic carbocycles. The van der Waals surface area contributed by atoms with Crippen LogP contribution in [-0.2, 0) is 16.2 Å². The molecule has 2 aliphatic rings. The minimum Gasteiger partial charge on any atom is -0.859 e. The summed E-state index contributed by atoms with van der Waals surface area (Å²) in [6.07, 6.45) is 1.48. The van der Waals surface area contributed by atoms with Gasteiger partial charge in [-0.3, -0.25) is 4.79 Å². The summed E-state index contributed by atoms with van der Waals surface area (Å²) in [5, 5.41) is 42.4. The first-order valence-electron chi connectivity index (χ1n) is 13.6. The standard InChI is InChI=1S/C31H29Cl2N2O7/c32-19-12-13-23(24(33)15-19)29-28(30(39)34-42-16-18-6-5-7-20(14-18)41-17-27(37)38)21-8-1-2-9-22(21)31(40)35(29)25-10-3-4-11-26(25)36/h1-2,5-9,12-15,25-26,28-29H,3-4,10-11,16-17H2,(H,34,39)(H,37,38)/q-1/p-2/t25-,26-,28+,29-/m0/s1. The second kappa shape index (κ2) is 13.0. The van der Waals surface area contributed by atoms with Crippen molar-refractivity contribution in [3.63, 3.8) is 0 Å². The third-order valence-electron chi connectivity index (χ3n) is 7.59. The predicted molar refractivity (Wildman–Crippen MR) is 150 cm³/mol. The maximum absolute atomic E-state index is 14.0. The van der Waals surface area contributed by atoms with Crippen LogP contribution in [0.1, 0.15) is 64.7 Å². The molecule has 0 saturated heterocycles. The van der Waals surface area contributed by atoms with E-state index in [1.54, 1.807) is 66.7 Å². The SMILES string of the molecule is O=C([O-])COc1cccc(CO/N=C(/[O-])[C@@H]2c3ccccc3C(=O)N([C@H]3CCCC[C@@H]3[O-])[C@H]2c2ccc(Cl)cc2Cl)c1. The van der Waals surface area contributed by atoms with E-state index in [1.807, 2.05) is 0 Å². The average Bonchev–Trinajstić information content (AvgIpc) is 2.97. The van der Waals surface area contributed by atoms with Crippen molar-refractivity contribution in [2.75, 3.05) is 6.61 Å². The van der Waals surface area contributed by atoms with Crippen molar-refractivity contribution in [1.82, 2.24) is 4.90 Å². The van der Waals surface area contributed by atoms with E-state index in [9.17, 15) is 24.9 Å². The summed E-state index contributed by atoms with van der Waals surface area (Å²) < 4.78 is 5.14. The molecule has 1 saturated carbocycles. The van der Waals surface area contributed by atoms with E-state index in [0.29, 0.717) is 45.9 Å². The molecular formula is C31H27Cl2N2O7-3. The fraction of sp³-hybridized carbons (Fsp3) is 0.323. The Hall–Kier alpha value is -3.79. The van der Waals surface area contributed by atoms with Crippen molar-refractivity contribution < 1.29 is 34.5 Å². The molecule has 1 fully saturated rings. The molecule has 0 N–H and O–H groups in total. The number of rotatable bonds is 9. The van der Waals surface area contributed by atoms with Crippen molar-refractivity contribution >= 4 is 41.0 Å². The van der Waals surface area contributed by atoms with Gasteiger partial charge in [0.15, 0.2) is 0 Å². The summed E-state index contributed by atoms with van der Waals surface area (Å²) >= 11 is 12.9. The number of amides is 1. The van der Waals surface area contributed by atoms with E-state index in [2.05, 4.69) is 5.16 Å². The van der Waals surface area contributed by atoms with E-state index in [4.69, 9.17) is 32.8 Å². The molecule has 11 heteroatoms. The van der Waals surface area contributed by atoms with Gasteiger partial charge in [-0.05, 0) is 53.4 Å². The largest absolute Gasteiger partial charge is 0.859 e. The highest BCUT2D eigenvalue weighted by Gasteiger charge is 2.45. The molecule has 1 aliphatic carbocycles. The Bertz CT molecular complexity index is 1500. The Morgan fingerprint density at radius 1 is 0.976 bits per heavy atom. The van der Waals surface area contributed by atoms with Crippen LogP contribution in [0.15, 0.2) is 71.9 Å². The highest BCUT2D eigenvalue weighted by molar-refractivity contribution is 6.35. The van der Waals surface area contributed by atoms with Crippen LogP contribution in [0.2, 0.25) is 10.0 Å². The summed E-state index contributed by atoms with van der Waals surface area (Å²) in [7, 11) is 0. The Labute approximate surface area is 252 Å². The lowest BCUT2D eigenvalue weighted by molar-refractivity contribution is -0.436. The maximum Gasteiger partial charge on any atom is 0.254 e. The Kier molecular flexibility index (Phi) is 9.21. The van der Waals surface area contributed by atoms with Crippen molar-refractivity contribution in [3.8, 4) is 5.75 Å². The topological polar surface area (TPSA) is 137 Å². The van der Waals surface area contributed by atoms with Crippen LogP contribution in [0.4, 0.5) is 0 Å². The first kappa shape index (κ1) is 29.7. The number of hydrogen-bond donors (Lipinski definition) is 0. The molecule has 42 heavy (non-hydrogen) atoms. The molecule has 0 bridgehead atoms.